The van der Waals surface area contributed by atoms with Crippen LogP contribution in [-0.4, -0.2) is 23.2 Å². The van der Waals surface area contributed by atoms with Crippen molar-refractivity contribution in [2.45, 2.75) is 43.0 Å². The zero-order valence-electron chi connectivity index (χ0n) is 18.0. The maximum Gasteiger partial charge on any atom is 0.227 e. The summed E-state index contributed by atoms with van der Waals surface area (Å²) in [5, 5.41) is 10.5. The number of aryl methyl sites for hydroxylation is 1. The number of hydrogen-bond acceptors (Lipinski definition) is 4. The van der Waals surface area contributed by atoms with Gasteiger partial charge in [-0.25, -0.2) is 4.98 Å². The molecule has 0 spiro atoms. The molecular weight excluding hydrogens is 414 g/mol. The molecule has 0 N–H and O–H groups in total. The van der Waals surface area contributed by atoms with E-state index in [2.05, 4.69) is 36.4 Å². The quantitative estimate of drug-likeness (QED) is 0.507. The predicted molar refractivity (Wildman–Crippen MR) is 128 cm³/mol. The summed E-state index contributed by atoms with van der Waals surface area (Å²) in [6, 6.07) is 23.1. The summed E-state index contributed by atoms with van der Waals surface area (Å²) in [4.78, 5) is 19.5. The van der Waals surface area contributed by atoms with Crippen molar-refractivity contribution < 1.29 is 4.79 Å². The van der Waals surface area contributed by atoms with Gasteiger partial charge in [-0.05, 0) is 60.4 Å². The molecule has 2 aromatic carbocycles. The van der Waals surface area contributed by atoms with Gasteiger partial charge in [-0.1, -0.05) is 48.5 Å². The van der Waals surface area contributed by atoms with Crippen LogP contribution in [0, 0.1) is 11.3 Å². The predicted octanol–water partition coefficient (Wildman–Crippen LogP) is 5.30. The maximum absolute atomic E-state index is 12.8. The summed E-state index contributed by atoms with van der Waals surface area (Å²) in [7, 11) is 0. The summed E-state index contributed by atoms with van der Waals surface area (Å²) in [6.07, 6.45) is 4.30. The molecule has 0 saturated heterocycles. The Hall–Kier alpha value is -3.10. The van der Waals surface area contributed by atoms with Gasteiger partial charge in [0.15, 0.2) is 0 Å². The smallest absolute Gasteiger partial charge is 0.227 e. The van der Waals surface area contributed by atoms with Crippen LogP contribution in [0.1, 0.15) is 46.7 Å². The highest BCUT2D eigenvalue weighted by Gasteiger charge is 2.25. The summed E-state index contributed by atoms with van der Waals surface area (Å²) < 4.78 is 0. The highest BCUT2D eigenvalue weighted by Crippen LogP contribution is 2.35. The van der Waals surface area contributed by atoms with E-state index in [4.69, 9.17) is 4.98 Å². The Labute approximate surface area is 193 Å². The number of rotatable bonds is 5. The molecule has 1 unspecified atom stereocenters. The number of carbonyl (C=O) groups excluding carboxylic acids is 1. The van der Waals surface area contributed by atoms with Gasteiger partial charge >= 0.3 is 0 Å². The molecule has 0 fully saturated rings. The third kappa shape index (κ3) is 4.16. The average Bonchev–Trinajstić information content (AvgIpc) is 3.28. The van der Waals surface area contributed by atoms with Gasteiger partial charge < -0.3 is 4.90 Å². The van der Waals surface area contributed by atoms with E-state index < -0.39 is 0 Å². The fourth-order valence-electron chi connectivity index (χ4n) is 4.81. The topological polar surface area (TPSA) is 57.0 Å². The number of para-hydroxylation sites is 1. The van der Waals surface area contributed by atoms with Crippen LogP contribution >= 0.6 is 11.8 Å². The minimum atomic E-state index is 0.143. The number of pyridine rings is 1. The molecule has 2 heterocycles. The Morgan fingerprint density at radius 1 is 1.09 bits per heavy atom. The van der Waals surface area contributed by atoms with E-state index in [9.17, 15) is 10.1 Å². The van der Waals surface area contributed by atoms with Gasteiger partial charge in [0.1, 0.15) is 11.1 Å². The highest BCUT2D eigenvalue weighted by atomic mass is 32.2. The zero-order chi connectivity index (χ0) is 21.9. The average molecular weight is 440 g/mol. The summed E-state index contributed by atoms with van der Waals surface area (Å²) in [5.41, 5.74) is 6.57. The monoisotopic (exact) mass is 439 g/mol. The van der Waals surface area contributed by atoms with E-state index in [0.29, 0.717) is 23.7 Å². The molecule has 4 nitrogen and oxygen atoms in total. The molecule has 5 rings (SSSR count). The first-order chi connectivity index (χ1) is 15.7. The maximum atomic E-state index is 12.8. The first-order valence-electron chi connectivity index (χ1n) is 11.2. The second-order valence-corrected chi connectivity index (χ2v) is 9.52. The first kappa shape index (κ1) is 20.8. The van der Waals surface area contributed by atoms with E-state index in [1.165, 1.54) is 28.5 Å². The van der Waals surface area contributed by atoms with Crippen molar-refractivity contribution in [2.75, 3.05) is 17.2 Å². The molecule has 1 aromatic heterocycles. The Balaban J connectivity index is 1.24. The fraction of sp³-hybridized carbons (Fsp3) is 0.296. The van der Waals surface area contributed by atoms with Crippen LogP contribution in [0.3, 0.4) is 0 Å². The Morgan fingerprint density at radius 2 is 1.91 bits per heavy atom. The molecule has 5 heteroatoms. The summed E-state index contributed by atoms with van der Waals surface area (Å²) in [5.74, 6) is 1.26. The Kier molecular flexibility index (Phi) is 5.96. The normalized spacial score (nSPS) is 16.8. The number of amides is 1. The largest absolute Gasteiger partial charge is 0.312 e. The third-order valence-corrected chi connectivity index (χ3v) is 7.48. The van der Waals surface area contributed by atoms with Gasteiger partial charge in [0.25, 0.3) is 0 Å². The van der Waals surface area contributed by atoms with Gasteiger partial charge in [-0.15, -0.1) is 11.8 Å². The molecule has 1 atom stereocenters. The van der Waals surface area contributed by atoms with Crippen molar-refractivity contribution in [3.63, 3.8) is 0 Å². The van der Waals surface area contributed by atoms with Crippen LogP contribution in [-0.2, 0) is 24.1 Å². The molecule has 1 aliphatic heterocycles. The van der Waals surface area contributed by atoms with Crippen LogP contribution < -0.4 is 4.90 Å². The standard InChI is InChI=1S/C27H25N3OS/c28-18-23-17-22-16-21(19-6-2-1-3-7-19)10-11-24(22)29-27(23)32-15-13-26(31)30-14-12-20-8-4-5-9-25(20)30/h1-9,17,21H,10-16H2. The van der Waals surface area contributed by atoms with E-state index in [0.717, 1.165) is 48.6 Å². The van der Waals surface area contributed by atoms with Gasteiger partial charge in [0.05, 0.1) is 5.56 Å². The second kappa shape index (κ2) is 9.18. The van der Waals surface area contributed by atoms with Crippen molar-refractivity contribution in [3.05, 3.63) is 88.6 Å². The molecule has 0 saturated carbocycles. The minimum absolute atomic E-state index is 0.143. The SMILES string of the molecule is N#Cc1cc2c(nc1SCCC(=O)N1CCc3ccccc31)CCC(c1ccccc1)C2. The zero-order valence-corrected chi connectivity index (χ0v) is 18.8. The van der Waals surface area contributed by atoms with Crippen molar-refractivity contribution in [1.29, 1.82) is 5.26 Å². The lowest BCUT2D eigenvalue weighted by atomic mass is 9.82. The highest BCUT2D eigenvalue weighted by molar-refractivity contribution is 7.99. The molecule has 1 aliphatic carbocycles. The minimum Gasteiger partial charge on any atom is -0.312 e. The number of hydrogen-bond donors (Lipinski definition) is 0. The van der Waals surface area contributed by atoms with Crippen LogP contribution in [0.15, 0.2) is 65.7 Å². The van der Waals surface area contributed by atoms with Crippen LogP contribution in [0.2, 0.25) is 0 Å². The number of aromatic nitrogens is 1. The number of carbonyl (C=O) groups is 1. The first-order valence-corrected chi connectivity index (χ1v) is 12.2. The van der Waals surface area contributed by atoms with E-state index in [-0.39, 0.29) is 5.91 Å². The molecule has 0 bridgehead atoms. The van der Waals surface area contributed by atoms with Crippen molar-refractivity contribution >= 4 is 23.4 Å². The molecule has 32 heavy (non-hydrogen) atoms. The van der Waals surface area contributed by atoms with Crippen LogP contribution in [0.4, 0.5) is 5.69 Å². The number of nitriles is 1. The Bertz CT molecular complexity index is 1190. The molecule has 0 radical (unpaired) electrons. The number of fused-ring (bicyclic) bond motifs is 2. The van der Waals surface area contributed by atoms with Crippen LogP contribution in [0.25, 0.3) is 0 Å². The molecule has 160 valence electrons. The van der Waals surface area contributed by atoms with Gasteiger partial charge in [-0.2, -0.15) is 5.26 Å². The lowest BCUT2D eigenvalue weighted by molar-refractivity contribution is -0.118. The molecule has 2 aliphatic rings. The third-order valence-electron chi connectivity index (χ3n) is 6.49. The lowest BCUT2D eigenvalue weighted by Crippen LogP contribution is -2.29. The summed E-state index contributed by atoms with van der Waals surface area (Å²) in [6.45, 7) is 0.756. The fourth-order valence-corrected chi connectivity index (χ4v) is 5.72. The van der Waals surface area contributed by atoms with E-state index in [1.54, 1.807) is 0 Å². The van der Waals surface area contributed by atoms with Crippen LogP contribution in [0.5, 0.6) is 0 Å². The lowest BCUT2D eigenvalue weighted by Gasteiger charge is -2.25. The van der Waals surface area contributed by atoms with Crippen molar-refractivity contribution in [3.8, 4) is 6.07 Å². The molecular formula is C27H25N3OS. The second-order valence-electron chi connectivity index (χ2n) is 8.43. The Morgan fingerprint density at radius 3 is 2.75 bits per heavy atom. The van der Waals surface area contributed by atoms with E-state index in [1.807, 2.05) is 35.2 Å². The van der Waals surface area contributed by atoms with Crippen molar-refractivity contribution in [2.24, 2.45) is 0 Å². The van der Waals surface area contributed by atoms with Gasteiger partial charge in [0, 0.05) is 30.1 Å². The number of thioether (sulfide) groups is 1. The van der Waals surface area contributed by atoms with Gasteiger partial charge in [-0.3, -0.25) is 4.79 Å². The summed E-state index contributed by atoms with van der Waals surface area (Å²) >= 11 is 1.53. The number of nitrogens with zero attached hydrogens (tertiary/aromatic N) is 3. The number of benzene rings is 2. The molecule has 3 aromatic rings. The number of anilines is 1. The van der Waals surface area contributed by atoms with E-state index >= 15 is 0 Å². The van der Waals surface area contributed by atoms with Gasteiger partial charge in [0.2, 0.25) is 5.91 Å². The molecule has 1 amide bonds. The van der Waals surface area contributed by atoms with Crippen molar-refractivity contribution in [1.82, 2.24) is 4.98 Å².